The van der Waals surface area contributed by atoms with Gasteiger partial charge in [-0.15, -0.1) is 0 Å². The number of ether oxygens (including phenoxy) is 2. The minimum absolute atomic E-state index is 0.230. The van der Waals surface area contributed by atoms with Crippen LogP contribution in [-0.2, 0) is 0 Å². The molecule has 0 radical (unpaired) electrons. The third-order valence-corrected chi connectivity index (χ3v) is 2.99. The quantitative estimate of drug-likeness (QED) is 0.740. The summed E-state index contributed by atoms with van der Waals surface area (Å²) in [4.78, 5) is 11.1. The van der Waals surface area contributed by atoms with E-state index in [0.29, 0.717) is 28.4 Å². The van der Waals surface area contributed by atoms with Crippen LogP contribution in [0.1, 0.15) is 10.4 Å². The molecule has 0 aliphatic carbocycles. The number of nitrogens with one attached hydrogen (secondary N) is 1. The van der Waals surface area contributed by atoms with Gasteiger partial charge in [-0.05, 0) is 30.3 Å². The predicted molar refractivity (Wildman–Crippen MR) is 75.2 cm³/mol. The Labute approximate surface area is 115 Å². The van der Waals surface area contributed by atoms with Crippen molar-refractivity contribution in [3.8, 4) is 11.5 Å². The summed E-state index contributed by atoms with van der Waals surface area (Å²) in [6.07, 6.45) is 0. The van der Waals surface area contributed by atoms with Crippen LogP contribution in [0.4, 0.5) is 17.1 Å². The summed E-state index contributed by atoms with van der Waals surface area (Å²) < 4.78 is 10.5. The van der Waals surface area contributed by atoms with Gasteiger partial charge in [-0.1, -0.05) is 0 Å². The van der Waals surface area contributed by atoms with Crippen molar-refractivity contribution in [3.63, 3.8) is 0 Å². The summed E-state index contributed by atoms with van der Waals surface area (Å²) in [5, 5.41) is 3.16. The van der Waals surface area contributed by atoms with Gasteiger partial charge in [0.05, 0.1) is 11.4 Å². The van der Waals surface area contributed by atoms with E-state index in [4.69, 9.17) is 20.9 Å². The molecule has 1 heterocycles. The van der Waals surface area contributed by atoms with E-state index < -0.39 is 5.91 Å². The molecular weight excluding hydrogens is 258 g/mol. The molecule has 0 unspecified atom stereocenters. The number of nitrogens with two attached hydrogens (primary N) is 2. The zero-order valence-corrected chi connectivity index (χ0v) is 10.6. The first-order valence-corrected chi connectivity index (χ1v) is 5.99. The largest absolute Gasteiger partial charge is 0.454 e. The zero-order valence-electron chi connectivity index (χ0n) is 10.6. The Kier molecular flexibility index (Phi) is 2.83. The molecule has 0 fully saturated rings. The molecule has 0 aromatic heterocycles. The number of hydrogen-bond donors (Lipinski definition) is 3. The minimum Gasteiger partial charge on any atom is -0.454 e. The Bertz CT molecular complexity index is 685. The average molecular weight is 271 g/mol. The standard InChI is InChI=1S/C14H13N3O3/c15-10-5-8(14(16)18)1-3-11(10)17-9-2-4-12-13(6-9)20-7-19-12/h1-6,17H,7,15H2,(H2,16,18). The molecule has 6 heteroatoms. The van der Waals surface area contributed by atoms with E-state index in [9.17, 15) is 4.79 Å². The number of carbonyl (C=O) groups excluding carboxylic acids is 1. The van der Waals surface area contributed by atoms with Crippen LogP contribution in [0.25, 0.3) is 0 Å². The second-order valence-electron chi connectivity index (χ2n) is 4.36. The predicted octanol–water partition coefficient (Wildman–Crippen LogP) is 1.84. The summed E-state index contributed by atoms with van der Waals surface area (Å²) in [7, 11) is 0. The first-order chi connectivity index (χ1) is 9.63. The number of nitrogen functional groups attached to an aromatic ring is 1. The van der Waals surface area contributed by atoms with E-state index in [1.807, 2.05) is 18.2 Å². The molecule has 0 atom stereocenters. The topological polar surface area (TPSA) is 99.6 Å². The molecule has 0 saturated heterocycles. The Hall–Kier alpha value is -2.89. The van der Waals surface area contributed by atoms with Crippen LogP contribution in [0.2, 0.25) is 0 Å². The van der Waals surface area contributed by atoms with Gasteiger partial charge in [0.15, 0.2) is 11.5 Å². The number of rotatable bonds is 3. The molecule has 1 amide bonds. The molecule has 0 bridgehead atoms. The van der Waals surface area contributed by atoms with Gasteiger partial charge in [-0.2, -0.15) is 0 Å². The van der Waals surface area contributed by atoms with Crippen molar-refractivity contribution in [2.45, 2.75) is 0 Å². The lowest BCUT2D eigenvalue weighted by molar-refractivity contribution is 0.100. The van der Waals surface area contributed by atoms with Crippen molar-refractivity contribution in [1.82, 2.24) is 0 Å². The fourth-order valence-electron chi connectivity index (χ4n) is 1.96. The first kappa shape index (κ1) is 12.2. The second kappa shape index (κ2) is 4.65. The molecular formula is C14H13N3O3. The number of amides is 1. The first-order valence-electron chi connectivity index (χ1n) is 5.99. The van der Waals surface area contributed by atoms with Crippen molar-refractivity contribution >= 4 is 23.0 Å². The lowest BCUT2D eigenvalue weighted by atomic mass is 10.1. The second-order valence-corrected chi connectivity index (χ2v) is 4.36. The third-order valence-electron chi connectivity index (χ3n) is 2.99. The van der Waals surface area contributed by atoms with Gasteiger partial charge in [0.1, 0.15) is 0 Å². The summed E-state index contributed by atoms with van der Waals surface area (Å²) in [6.45, 7) is 0.230. The molecule has 1 aliphatic rings. The summed E-state index contributed by atoms with van der Waals surface area (Å²) in [5.41, 5.74) is 13.4. The third kappa shape index (κ3) is 2.18. The number of anilines is 3. The van der Waals surface area contributed by atoms with E-state index >= 15 is 0 Å². The number of carbonyl (C=O) groups is 1. The van der Waals surface area contributed by atoms with Gasteiger partial charge in [0.25, 0.3) is 0 Å². The maximum atomic E-state index is 11.1. The highest BCUT2D eigenvalue weighted by Crippen LogP contribution is 2.35. The zero-order chi connectivity index (χ0) is 14.1. The molecule has 102 valence electrons. The summed E-state index contributed by atoms with van der Waals surface area (Å²) >= 11 is 0. The van der Waals surface area contributed by atoms with Crippen LogP contribution in [0, 0.1) is 0 Å². The van der Waals surface area contributed by atoms with Crippen LogP contribution in [0.3, 0.4) is 0 Å². The van der Waals surface area contributed by atoms with E-state index in [-0.39, 0.29) is 6.79 Å². The average Bonchev–Trinajstić information content (AvgIpc) is 2.88. The van der Waals surface area contributed by atoms with Gasteiger partial charge >= 0.3 is 0 Å². The van der Waals surface area contributed by atoms with Crippen molar-refractivity contribution in [1.29, 1.82) is 0 Å². The monoisotopic (exact) mass is 271 g/mol. The van der Waals surface area contributed by atoms with Crippen molar-refractivity contribution in [3.05, 3.63) is 42.0 Å². The Morgan fingerprint density at radius 2 is 1.90 bits per heavy atom. The number of hydrogen-bond acceptors (Lipinski definition) is 5. The van der Waals surface area contributed by atoms with Crippen LogP contribution < -0.4 is 26.3 Å². The molecule has 6 nitrogen and oxygen atoms in total. The fraction of sp³-hybridized carbons (Fsp3) is 0.0714. The van der Waals surface area contributed by atoms with Gasteiger partial charge in [0, 0.05) is 17.3 Å². The molecule has 3 rings (SSSR count). The van der Waals surface area contributed by atoms with Gasteiger partial charge in [0.2, 0.25) is 12.7 Å². The summed E-state index contributed by atoms with van der Waals surface area (Å²) in [6, 6.07) is 10.4. The Morgan fingerprint density at radius 3 is 2.65 bits per heavy atom. The van der Waals surface area contributed by atoms with Crippen molar-refractivity contribution in [2.24, 2.45) is 5.73 Å². The lowest BCUT2D eigenvalue weighted by Crippen LogP contribution is -2.11. The molecule has 0 saturated carbocycles. The van der Waals surface area contributed by atoms with E-state index in [1.165, 1.54) is 6.07 Å². The number of primary amides is 1. The van der Waals surface area contributed by atoms with Gasteiger partial charge in [-0.3, -0.25) is 4.79 Å². The maximum absolute atomic E-state index is 11.1. The van der Waals surface area contributed by atoms with Crippen molar-refractivity contribution < 1.29 is 14.3 Å². The van der Waals surface area contributed by atoms with Gasteiger partial charge in [-0.25, -0.2) is 0 Å². The smallest absolute Gasteiger partial charge is 0.248 e. The molecule has 5 N–H and O–H groups in total. The number of fused-ring (bicyclic) bond motifs is 1. The van der Waals surface area contributed by atoms with Crippen molar-refractivity contribution in [2.75, 3.05) is 17.8 Å². The van der Waals surface area contributed by atoms with Crippen LogP contribution in [0.15, 0.2) is 36.4 Å². The normalized spacial score (nSPS) is 12.2. The highest BCUT2D eigenvalue weighted by molar-refractivity contribution is 5.95. The Balaban J connectivity index is 1.86. The van der Waals surface area contributed by atoms with Gasteiger partial charge < -0.3 is 26.3 Å². The molecule has 2 aromatic carbocycles. The number of benzene rings is 2. The highest BCUT2D eigenvalue weighted by atomic mass is 16.7. The molecule has 0 spiro atoms. The SMILES string of the molecule is NC(=O)c1ccc(Nc2ccc3c(c2)OCO3)c(N)c1. The van der Waals surface area contributed by atoms with E-state index in [0.717, 1.165) is 5.69 Å². The maximum Gasteiger partial charge on any atom is 0.248 e. The van der Waals surface area contributed by atoms with Crippen LogP contribution in [-0.4, -0.2) is 12.7 Å². The molecule has 1 aliphatic heterocycles. The summed E-state index contributed by atoms with van der Waals surface area (Å²) in [5.74, 6) is 0.890. The molecule has 2 aromatic rings. The fourth-order valence-corrected chi connectivity index (χ4v) is 1.96. The van der Waals surface area contributed by atoms with E-state index in [1.54, 1.807) is 12.1 Å². The Morgan fingerprint density at radius 1 is 1.10 bits per heavy atom. The van der Waals surface area contributed by atoms with Crippen LogP contribution >= 0.6 is 0 Å². The van der Waals surface area contributed by atoms with Crippen LogP contribution in [0.5, 0.6) is 11.5 Å². The minimum atomic E-state index is -0.508. The molecule has 20 heavy (non-hydrogen) atoms. The highest BCUT2D eigenvalue weighted by Gasteiger charge is 2.13. The lowest BCUT2D eigenvalue weighted by Gasteiger charge is -2.10. The van der Waals surface area contributed by atoms with E-state index in [2.05, 4.69) is 5.32 Å².